The molecule has 0 saturated heterocycles. The van der Waals surface area contributed by atoms with Gasteiger partial charge in [0.1, 0.15) is 0 Å². The van der Waals surface area contributed by atoms with Crippen LogP contribution in [-0.4, -0.2) is 25.9 Å². The topological polar surface area (TPSA) is 40.6 Å². The van der Waals surface area contributed by atoms with Crippen LogP contribution < -0.4 is 9.80 Å². The summed E-state index contributed by atoms with van der Waals surface area (Å²) in [6.45, 7) is 0. The zero-order valence-electron chi connectivity index (χ0n) is 17.3. The minimum absolute atomic E-state index is 0.261. The number of anilines is 2. The summed E-state index contributed by atoms with van der Waals surface area (Å²) in [4.78, 5) is 30.7. The van der Waals surface area contributed by atoms with Crippen molar-refractivity contribution in [2.24, 2.45) is 0 Å². The highest BCUT2D eigenvalue weighted by Crippen LogP contribution is 2.44. The van der Waals surface area contributed by atoms with E-state index in [4.69, 9.17) is 0 Å². The third kappa shape index (κ3) is 2.36. The zero-order chi connectivity index (χ0) is 21.3. The van der Waals surface area contributed by atoms with Crippen molar-refractivity contribution >= 4 is 34.0 Å². The van der Waals surface area contributed by atoms with Crippen LogP contribution in [0.4, 0.5) is 11.4 Å². The van der Waals surface area contributed by atoms with Crippen LogP contribution in [0, 0.1) is 0 Å². The van der Waals surface area contributed by atoms with E-state index in [1.807, 2.05) is 73.6 Å². The van der Waals surface area contributed by atoms with E-state index in [9.17, 15) is 9.59 Å². The fraction of sp³-hybridized carbons (Fsp3) is 0.111. The number of carbonyl (C=O) groups is 2. The normalized spacial score (nSPS) is 14.1. The standard InChI is InChI=1S/C27H20N2O2/c1-28(2)23-14-13-21-25-19(23)10-5-11-20(25)26(30)29(27(21)31)24-12-6-9-18-17-8-4-3-7-16(17)15-22(18)24/h3-14H,15H2,1-2H3. The van der Waals surface area contributed by atoms with Gasteiger partial charge in [-0.05, 0) is 46.5 Å². The molecule has 1 aliphatic carbocycles. The number of nitrogens with zero attached hydrogens (tertiary/aromatic N) is 2. The average molecular weight is 404 g/mol. The fourth-order valence-electron chi connectivity index (χ4n) is 5.04. The number of rotatable bonds is 2. The lowest BCUT2D eigenvalue weighted by molar-refractivity contribution is 0.0893. The van der Waals surface area contributed by atoms with Crippen LogP contribution in [0.2, 0.25) is 0 Å². The molecular formula is C27H20N2O2. The highest BCUT2D eigenvalue weighted by atomic mass is 16.2. The second-order valence-corrected chi connectivity index (χ2v) is 8.34. The first-order chi connectivity index (χ1) is 15.1. The number of hydrogen-bond acceptors (Lipinski definition) is 3. The lowest BCUT2D eigenvalue weighted by Crippen LogP contribution is -2.41. The van der Waals surface area contributed by atoms with Crippen molar-refractivity contribution in [3.63, 3.8) is 0 Å². The predicted molar refractivity (Wildman–Crippen MR) is 124 cm³/mol. The Bertz CT molecular complexity index is 1410. The van der Waals surface area contributed by atoms with Gasteiger partial charge in [0.25, 0.3) is 11.8 Å². The molecule has 150 valence electrons. The zero-order valence-corrected chi connectivity index (χ0v) is 17.3. The molecule has 4 aromatic rings. The molecule has 0 saturated carbocycles. The molecule has 2 aliphatic rings. The SMILES string of the molecule is CN(C)c1ccc2c3c(cccc13)C(=O)N(c1cccc3c1Cc1ccccc1-3)C2=O. The first kappa shape index (κ1) is 17.9. The third-order valence-corrected chi connectivity index (χ3v) is 6.43. The molecule has 1 aliphatic heterocycles. The van der Waals surface area contributed by atoms with Crippen molar-refractivity contribution in [1.29, 1.82) is 0 Å². The summed E-state index contributed by atoms with van der Waals surface area (Å²) in [5.41, 5.74) is 7.35. The number of amides is 2. The lowest BCUT2D eigenvalue weighted by atomic mass is 9.91. The maximum atomic E-state index is 13.7. The van der Waals surface area contributed by atoms with Gasteiger partial charge in [-0.15, -0.1) is 0 Å². The van der Waals surface area contributed by atoms with Gasteiger partial charge >= 0.3 is 0 Å². The van der Waals surface area contributed by atoms with Crippen LogP contribution in [0.1, 0.15) is 31.8 Å². The van der Waals surface area contributed by atoms with E-state index in [1.54, 1.807) is 0 Å². The Balaban J connectivity index is 1.56. The molecule has 0 bridgehead atoms. The average Bonchev–Trinajstić information content (AvgIpc) is 3.16. The summed E-state index contributed by atoms with van der Waals surface area (Å²) < 4.78 is 0. The summed E-state index contributed by atoms with van der Waals surface area (Å²) in [6.07, 6.45) is 0.718. The van der Waals surface area contributed by atoms with E-state index in [0.29, 0.717) is 16.8 Å². The molecule has 0 N–H and O–H groups in total. The van der Waals surface area contributed by atoms with Crippen LogP contribution >= 0.6 is 0 Å². The fourth-order valence-corrected chi connectivity index (χ4v) is 5.04. The maximum Gasteiger partial charge on any atom is 0.265 e. The second-order valence-electron chi connectivity index (χ2n) is 8.34. The monoisotopic (exact) mass is 404 g/mol. The third-order valence-electron chi connectivity index (χ3n) is 6.43. The van der Waals surface area contributed by atoms with E-state index < -0.39 is 0 Å². The van der Waals surface area contributed by atoms with Crippen molar-refractivity contribution in [2.45, 2.75) is 6.42 Å². The molecule has 31 heavy (non-hydrogen) atoms. The molecular weight excluding hydrogens is 384 g/mol. The molecule has 0 fully saturated rings. The minimum atomic E-state index is -0.261. The molecule has 2 amide bonds. The van der Waals surface area contributed by atoms with Crippen LogP contribution in [0.25, 0.3) is 21.9 Å². The van der Waals surface area contributed by atoms with Crippen molar-refractivity contribution in [1.82, 2.24) is 0 Å². The number of fused-ring (bicyclic) bond motifs is 3. The summed E-state index contributed by atoms with van der Waals surface area (Å²) >= 11 is 0. The highest BCUT2D eigenvalue weighted by molar-refractivity contribution is 6.36. The van der Waals surface area contributed by atoms with Crippen LogP contribution in [0.5, 0.6) is 0 Å². The largest absolute Gasteiger partial charge is 0.377 e. The van der Waals surface area contributed by atoms with E-state index >= 15 is 0 Å². The number of imide groups is 1. The predicted octanol–water partition coefficient (Wildman–Crippen LogP) is 5.28. The van der Waals surface area contributed by atoms with Crippen molar-refractivity contribution in [3.8, 4) is 11.1 Å². The Morgan fingerprint density at radius 1 is 0.710 bits per heavy atom. The molecule has 0 unspecified atom stereocenters. The van der Waals surface area contributed by atoms with Crippen molar-refractivity contribution < 1.29 is 9.59 Å². The van der Waals surface area contributed by atoms with Gasteiger partial charge in [-0.3, -0.25) is 9.59 Å². The van der Waals surface area contributed by atoms with E-state index in [2.05, 4.69) is 18.2 Å². The summed E-state index contributed by atoms with van der Waals surface area (Å²) in [6, 6.07) is 23.7. The minimum Gasteiger partial charge on any atom is -0.377 e. The maximum absolute atomic E-state index is 13.7. The Kier molecular flexibility index (Phi) is 3.63. The van der Waals surface area contributed by atoms with Gasteiger partial charge in [-0.2, -0.15) is 0 Å². The van der Waals surface area contributed by atoms with Crippen LogP contribution in [-0.2, 0) is 6.42 Å². The smallest absolute Gasteiger partial charge is 0.265 e. The molecule has 0 spiro atoms. The molecule has 1 heterocycles. The van der Waals surface area contributed by atoms with Gasteiger partial charge < -0.3 is 4.90 Å². The van der Waals surface area contributed by atoms with Gasteiger partial charge in [-0.1, -0.05) is 48.5 Å². The summed E-state index contributed by atoms with van der Waals surface area (Å²) in [5.74, 6) is -0.522. The highest BCUT2D eigenvalue weighted by Gasteiger charge is 2.37. The van der Waals surface area contributed by atoms with E-state index in [-0.39, 0.29) is 11.8 Å². The van der Waals surface area contributed by atoms with Crippen LogP contribution in [0.15, 0.2) is 72.8 Å². The Labute approximate surface area is 180 Å². The molecule has 4 aromatic carbocycles. The summed E-state index contributed by atoms with van der Waals surface area (Å²) in [7, 11) is 3.93. The Hall–Kier alpha value is -3.92. The van der Waals surface area contributed by atoms with Crippen LogP contribution in [0.3, 0.4) is 0 Å². The van der Waals surface area contributed by atoms with E-state index in [1.165, 1.54) is 16.0 Å². The second kappa shape index (κ2) is 6.29. The molecule has 4 nitrogen and oxygen atoms in total. The quantitative estimate of drug-likeness (QED) is 0.376. The molecule has 6 rings (SSSR count). The first-order valence-corrected chi connectivity index (χ1v) is 10.4. The van der Waals surface area contributed by atoms with Gasteiger partial charge in [0.15, 0.2) is 0 Å². The molecule has 0 atom stereocenters. The van der Waals surface area contributed by atoms with Crippen molar-refractivity contribution in [2.75, 3.05) is 23.9 Å². The molecule has 0 radical (unpaired) electrons. The van der Waals surface area contributed by atoms with E-state index in [0.717, 1.165) is 34.0 Å². The lowest BCUT2D eigenvalue weighted by Gasteiger charge is -2.30. The molecule has 0 aromatic heterocycles. The number of carbonyl (C=O) groups excluding carboxylic acids is 2. The van der Waals surface area contributed by atoms with Crippen molar-refractivity contribution in [3.05, 3.63) is 95.1 Å². The number of benzene rings is 4. The molecule has 4 heteroatoms. The Morgan fingerprint density at radius 2 is 1.39 bits per heavy atom. The van der Waals surface area contributed by atoms with Gasteiger partial charge in [-0.25, -0.2) is 4.90 Å². The summed E-state index contributed by atoms with van der Waals surface area (Å²) in [5, 5.41) is 1.67. The Morgan fingerprint density at radius 3 is 2.19 bits per heavy atom. The van der Waals surface area contributed by atoms with Gasteiger partial charge in [0.2, 0.25) is 0 Å². The van der Waals surface area contributed by atoms with Gasteiger partial charge in [0.05, 0.1) is 5.69 Å². The number of hydrogen-bond donors (Lipinski definition) is 0. The first-order valence-electron chi connectivity index (χ1n) is 10.4. The van der Waals surface area contributed by atoms with Gasteiger partial charge in [0, 0.05) is 48.1 Å².